The van der Waals surface area contributed by atoms with Gasteiger partial charge in [0, 0.05) is 25.7 Å². The van der Waals surface area contributed by atoms with Crippen molar-refractivity contribution in [3.63, 3.8) is 0 Å². The molecule has 6 nitrogen and oxygen atoms in total. The van der Waals surface area contributed by atoms with E-state index in [4.69, 9.17) is 10.5 Å². The van der Waals surface area contributed by atoms with Crippen LogP contribution in [-0.2, 0) is 11.3 Å². The Labute approximate surface area is 102 Å². The fourth-order valence-corrected chi connectivity index (χ4v) is 2.09. The van der Waals surface area contributed by atoms with Gasteiger partial charge in [-0.2, -0.15) is 5.10 Å². The van der Waals surface area contributed by atoms with Crippen molar-refractivity contribution >= 4 is 0 Å². The molecule has 96 valence electrons. The van der Waals surface area contributed by atoms with Gasteiger partial charge in [0.25, 0.3) is 0 Å². The van der Waals surface area contributed by atoms with Crippen LogP contribution in [0.4, 0.5) is 0 Å². The minimum absolute atomic E-state index is 0.152. The Morgan fingerprint density at radius 1 is 1.59 bits per heavy atom. The standard InChI is InChI=1S/C11H21N5O/c1-9(2)16-11(13-8-14-16)7-15-3-4-17-10(5-12)6-15/h8-10H,3-7,12H2,1-2H3. The van der Waals surface area contributed by atoms with Gasteiger partial charge in [-0.05, 0) is 13.8 Å². The predicted molar refractivity (Wildman–Crippen MR) is 64.5 cm³/mol. The fourth-order valence-electron chi connectivity index (χ4n) is 2.09. The summed E-state index contributed by atoms with van der Waals surface area (Å²) in [5.41, 5.74) is 5.63. The lowest BCUT2D eigenvalue weighted by atomic mass is 10.2. The van der Waals surface area contributed by atoms with E-state index in [1.165, 1.54) is 0 Å². The highest BCUT2D eigenvalue weighted by atomic mass is 16.5. The number of nitrogens with zero attached hydrogens (tertiary/aromatic N) is 4. The van der Waals surface area contributed by atoms with Crippen molar-refractivity contribution in [3.05, 3.63) is 12.2 Å². The summed E-state index contributed by atoms with van der Waals surface area (Å²) >= 11 is 0. The number of rotatable bonds is 4. The zero-order chi connectivity index (χ0) is 12.3. The van der Waals surface area contributed by atoms with E-state index in [1.54, 1.807) is 6.33 Å². The van der Waals surface area contributed by atoms with Crippen LogP contribution in [-0.4, -0.2) is 52.0 Å². The smallest absolute Gasteiger partial charge is 0.141 e. The Bertz CT molecular complexity index is 351. The number of morpholine rings is 1. The van der Waals surface area contributed by atoms with Crippen LogP contribution in [0, 0.1) is 0 Å². The summed E-state index contributed by atoms with van der Waals surface area (Å²) < 4.78 is 7.51. The molecule has 2 N–H and O–H groups in total. The van der Waals surface area contributed by atoms with Crippen molar-refractivity contribution in [2.45, 2.75) is 32.5 Å². The average molecular weight is 239 g/mol. The molecule has 0 amide bonds. The van der Waals surface area contributed by atoms with E-state index in [-0.39, 0.29) is 6.10 Å². The topological polar surface area (TPSA) is 69.2 Å². The third-order valence-electron chi connectivity index (χ3n) is 2.99. The van der Waals surface area contributed by atoms with E-state index in [9.17, 15) is 0 Å². The van der Waals surface area contributed by atoms with Crippen LogP contribution in [0.3, 0.4) is 0 Å². The van der Waals surface area contributed by atoms with Gasteiger partial charge >= 0.3 is 0 Å². The molecule has 1 fully saturated rings. The molecule has 1 aromatic heterocycles. The zero-order valence-corrected chi connectivity index (χ0v) is 10.5. The minimum atomic E-state index is 0.152. The number of nitrogens with two attached hydrogens (primary N) is 1. The Morgan fingerprint density at radius 2 is 2.41 bits per heavy atom. The first kappa shape index (κ1) is 12.5. The molecule has 2 rings (SSSR count). The fraction of sp³-hybridized carbons (Fsp3) is 0.818. The van der Waals surface area contributed by atoms with E-state index in [0.717, 1.165) is 32.1 Å². The van der Waals surface area contributed by atoms with Gasteiger partial charge in [0.15, 0.2) is 0 Å². The highest BCUT2D eigenvalue weighted by molar-refractivity contribution is 4.88. The van der Waals surface area contributed by atoms with Crippen LogP contribution in [0.2, 0.25) is 0 Å². The molecule has 1 aromatic rings. The Morgan fingerprint density at radius 3 is 3.12 bits per heavy atom. The molecule has 0 aliphatic carbocycles. The number of hydrogen-bond acceptors (Lipinski definition) is 5. The third kappa shape index (κ3) is 3.02. The van der Waals surface area contributed by atoms with Crippen molar-refractivity contribution in [2.24, 2.45) is 5.73 Å². The first-order chi connectivity index (χ1) is 8.20. The molecule has 2 heterocycles. The van der Waals surface area contributed by atoms with Gasteiger partial charge in [-0.15, -0.1) is 0 Å². The maximum atomic E-state index is 5.63. The van der Waals surface area contributed by atoms with Crippen LogP contribution < -0.4 is 5.73 Å². The molecule has 1 atom stereocenters. The second kappa shape index (κ2) is 5.57. The SMILES string of the molecule is CC(C)n1ncnc1CN1CCOC(CN)C1. The van der Waals surface area contributed by atoms with E-state index in [1.807, 2.05) is 4.68 Å². The first-order valence-corrected chi connectivity index (χ1v) is 6.13. The quantitative estimate of drug-likeness (QED) is 0.802. The summed E-state index contributed by atoms with van der Waals surface area (Å²) in [6.45, 7) is 8.17. The van der Waals surface area contributed by atoms with Gasteiger partial charge in [0.05, 0.1) is 19.3 Å². The summed E-state index contributed by atoms with van der Waals surface area (Å²) in [6, 6.07) is 0.346. The second-order valence-electron chi connectivity index (χ2n) is 4.68. The summed E-state index contributed by atoms with van der Waals surface area (Å²) in [6.07, 6.45) is 1.77. The molecule has 1 aliphatic heterocycles. The molecular weight excluding hydrogens is 218 g/mol. The molecule has 0 aromatic carbocycles. The summed E-state index contributed by atoms with van der Waals surface area (Å²) in [5, 5.41) is 4.24. The largest absolute Gasteiger partial charge is 0.374 e. The van der Waals surface area contributed by atoms with E-state index in [2.05, 4.69) is 28.8 Å². The molecule has 17 heavy (non-hydrogen) atoms. The Balaban J connectivity index is 1.98. The number of ether oxygens (including phenoxy) is 1. The maximum absolute atomic E-state index is 5.63. The van der Waals surface area contributed by atoms with Gasteiger partial charge in [-0.25, -0.2) is 9.67 Å². The highest BCUT2D eigenvalue weighted by Gasteiger charge is 2.21. The summed E-state index contributed by atoms with van der Waals surface area (Å²) in [5.74, 6) is 1.01. The number of aromatic nitrogens is 3. The van der Waals surface area contributed by atoms with Gasteiger partial charge in [-0.3, -0.25) is 4.90 Å². The zero-order valence-electron chi connectivity index (χ0n) is 10.5. The normalized spacial score (nSPS) is 22.2. The number of hydrogen-bond donors (Lipinski definition) is 1. The second-order valence-corrected chi connectivity index (χ2v) is 4.68. The van der Waals surface area contributed by atoms with E-state index < -0.39 is 0 Å². The van der Waals surface area contributed by atoms with Crippen LogP contribution in [0.25, 0.3) is 0 Å². The van der Waals surface area contributed by atoms with Crippen molar-refractivity contribution in [2.75, 3.05) is 26.2 Å². The van der Waals surface area contributed by atoms with Crippen LogP contribution in [0.1, 0.15) is 25.7 Å². The van der Waals surface area contributed by atoms with Crippen molar-refractivity contribution in [3.8, 4) is 0 Å². The lowest BCUT2D eigenvalue weighted by Crippen LogP contribution is -2.45. The molecule has 1 aliphatic rings. The third-order valence-corrected chi connectivity index (χ3v) is 2.99. The lowest BCUT2D eigenvalue weighted by molar-refractivity contribution is -0.0272. The average Bonchev–Trinajstić information content (AvgIpc) is 2.77. The van der Waals surface area contributed by atoms with Gasteiger partial charge in [-0.1, -0.05) is 0 Å². The molecule has 0 spiro atoms. The molecule has 6 heteroatoms. The van der Waals surface area contributed by atoms with Gasteiger partial charge in [0.2, 0.25) is 0 Å². The highest BCUT2D eigenvalue weighted by Crippen LogP contribution is 2.11. The first-order valence-electron chi connectivity index (χ1n) is 6.13. The molecule has 0 bridgehead atoms. The van der Waals surface area contributed by atoms with E-state index >= 15 is 0 Å². The summed E-state index contributed by atoms with van der Waals surface area (Å²) in [7, 11) is 0. The predicted octanol–water partition coefficient (Wildman–Crippen LogP) is 0.0185. The Kier molecular flexibility index (Phi) is 4.09. The minimum Gasteiger partial charge on any atom is -0.374 e. The van der Waals surface area contributed by atoms with Crippen LogP contribution in [0.15, 0.2) is 6.33 Å². The van der Waals surface area contributed by atoms with E-state index in [0.29, 0.717) is 12.6 Å². The Hall–Kier alpha value is -0.980. The molecule has 0 radical (unpaired) electrons. The molecule has 1 saturated heterocycles. The lowest BCUT2D eigenvalue weighted by Gasteiger charge is -2.32. The van der Waals surface area contributed by atoms with Crippen LogP contribution >= 0.6 is 0 Å². The van der Waals surface area contributed by atoms with Gasteiger partial charge < -0.3 is 10.5 Å². The van der Waals surface area contributed by atoms with Crippen molar-refractivity contribution < 1.29 is 4.74 Å². The van der Waals surface area contributed by atoms with Crippen molar-refractivity contribution in [1.29, 1.82) is 0 Å². The molecule has 1 unspecified atom stereocenters. The maximum Gasteiger partial charge on any atom is 0.141 e. The van der Waals surface area contributed by atoms with Gasteiger partial charge in [0.1, 0.15) is 12.2 Å². The van der Waals surface area contributed by atoms with Crippen LogP contribution in [0.5, 0.6) is 0 Å². The molecular formula is C11H21N5O. The summed E-state index contributed by atoms with van der Waals surface area (Å²) in [4.78, 5) is 6.64. The monoisotopic (exact) mass is 239 g/mol. The van der Waals surface area contributed by atoms with Crippen molar-refractivity contribution in [1.82, 2.24) is 19.7 Å². The molecule has 0 saturated carbocycles.